The van der Waals surface area contributed by atoms with Gasteiger partial charge in [0.15, 0.2) is 0 Å². The number of rotatable bonds is 10. The predicted molar refractivity (Wildman–Crippen MR) is 146 cm³/mol. The number of amides is 1. The summed E-state index contributed by atoms with van der Waals surface area (Å²) in [5.74, 6) is 0.242. The molecule has 0 bridgehead atoms. The minimum absolute atomic E-state index is 0.247. The van der Waals surface area contributed by atoms with E-state index >= 15 is 0 Å². The molecule has 3 aromatic rings. The van der Waals surface area contributed by atoms with E-state index < -0.39 is 23.7 Å². The van der Waals surface area contributed by atoms with E-state index in [0.717, 1.165) is 22.6 Å². The van der Waals surface area contributed by atoms with Crippen molar-refractivity contribution >= 4 is 23.4 Å². The van der Waals surface area contributed by atoms with Crippen molar-refractivity contribution in [1.82, 2.24) is 0 Å². The smallest absolute Gasteiger partial charge is 0.412 e. The van der Waals surface area contributed by atoms with E-state index in [1.54, 1.807) is 39.8 Å². The quantitative estimate of drug-likeness (QED) is 0.232. The number of esters is 1. The highest BCUT2D eigenvalue weighted by molar-refractivity contribution is 5.90. The fraction of sp³-hybridized carbons (Fsp3) is 0.267. The van der Waals surface area contributed by atoms with Crippen LogP contribution in [-0.2, 0) is 20.9 Å². The van der Waals surface area contributed by atoms with Crippen LogP contribution >= 0.6 is 0 Å². The molecule has 0 fully saturated rings. The largest absolute Gasteiger partial charge is 0.489 e. The van der Waals surface area contributed by atoms with Crippen molar-refractivity contribution in [3.63, 3.8) is 0 Å². The Labute approximate surface area is 218 Å². The number of carbonyl (C=O) groups excluding carboxylic acids is 2. The molecule has 194 valence electrons. The van der Waals surface area contributed by atoms with Crippen LogP contribution in [0.25, 0.3) is 0 Å². The zero-order chi connectivity index (χ0) is 26.8. The van der Waals surface area contributed by atoms with Gasteiger partial charge in [-0.25, -0.2) is 9.59 Å². The fourth-order valence-electron chi connectivity index (χ4n) is 3.45. The average molecular weight is 503 g/mol. The summed E-state index contributed by atoms with van der Waals surface area (Å²) < 4.78 is 16.4. The van der Waals surface area contributed by atoms with Crippen LogP contribution in [0.1, 0.15) is 44.9 Å². The third kappa shape index (κ3) is 8.72. The SMILES string of the molecule is C=C(C(=O)OCC)C(Nc1ccc(OCc2ccccc2)cc1)c1ccc(NC(=O)OC(C)(C)C)cc1. The van der Waals surface area contributed by atoms with Crippen molar-refractivity contribution in [2.75, 3.05) is 17.2 Å². The third-order valence-corrected chi connectivity index (χ3v) is 5.19. The Balaban J connectivity index is 1.72. The van der Waals surface area contributed by atoms with Crippen LogP contribution in [0.3, 0.4) is 0 Å². The van der Waals surface area contributed by atoms with Gasteiger partial charge in [-0.2, -0.15) is 0 Å². The Bertz CT molecular complexity index is 1180. The first-order valence-electron chi connectivity index (χ1n) is 12.1. The minimum Gasteiger partial charge on any atom is -0.489 e. The van der Waals surface area contributed by atoms with Crippen LogP contribution in [0.15, 0.2) is 91.0 Å². The standard InChI is InChI=1S/C30H34N2O5/c1-6-35-28(33)21(2)27(23-12-14-25(15-13-23)32-29(34)37-30(3,4)5)31-24-16-18-26(19-17-24)36-20-22-10-8-7-9-11-22/h7-19,27,31H,2,6,20H2,1,3-5H3,(H,32,34). The van der Waals surface area contributed by atoms with E-state index in [1.807, 2.05) is 66.7 Å². The number of ether oxygens (including phenoxy) is 3. The van der Waals surface area contributed by atoms with E-state index in [1.165, 1.54) is 0 Å². The van der Waals surface area contributed by atoms with Crippen LogP contribution in [0, 0.1) is 0 Å². The summed E-state index contributed by atoms with van der Waals surface area (Å²) in [5.41, 5.74) is 2.87. The summed E-state index contributed by atoms with van der Waals surface area (Å²) in [5, 5.41) is 6.07. The van der Waals surface area contributed by atoms with Gasteiger partial charge in [0.1, 0.15) is 18.0 Å². The molecular formula is C30H34N2O5. The molecule has 3 aromatic carbocycles. The van der Waals surface area contributed by atoms with Crippen LogP contribution in [0.2, 0.25) is 0 Å². The average Bonchev–Trinajstić information content (AvgIpc) is 2.86. The maximum Gasteiger partial charge on any atom is 0.412 e. The van der Waals surface area contributed by atoms with Gasteiger partial charge in [0, 0.05) is 11.4 Å². The van der Waals surface area contributed by atoms with Gasteiger partial charge in [0.2, 0.25) is 0 Å². The first-order valence-corrected chi connectivity index (χ1v) is 12.1. The molecule has 0 aromatic heterocycles. The molecule has 0 heterocycles. The molecule has 0 saturated heterocycles. The molecule has 0 aliphatic carbocycles. The fourth-order valence-corrected chi connectivity index (χ4v) is 3.45. The van der Waals surface area contributed by atoms with E-state index in [-0.39, 0.29) is 12.2 Å². The van der Waals surface area contributed by atoms with Crippen molar-refractivity contribution in [3.05, 3.63) is 102 Å². The van der Waals surface area contributed by atoms with Gasteiger partial charge >= 0.3 is 12.1 Å². The summed E-state index contributed by atoms with van der Waals surface area (Å²) in [6, 6.07) is 24.0. The number of nitrogens with one attached hydrogen (secondary N) is 2. The molecule has 7 heteroatoms. The van der Waals surface area contributed by atoms with Crippen molar-refractivity contribution in [2.24, 2.45) is 0 Å². The van der Waals surface area contributed by atoms with Crippen molar-refractivity contribution in [1.29, 1.82) is 0 Å². The van der Waals surface area contributed by atoms with E-state index in [0.29, 0.717) is 12.3 Å². The normalized spacial score (nSPS) is 11.7. The Morgan fingerprint density at radius 2 is 1.51 bits per heavy atom. The highest BCUT2D eigenvalue weighted by Crippen LogP contribution is 2.29. The Morgan fingerprint density at radius 3 is 2.11 bits per heavy atom. The molecule has 2 N–H and O–H groups in total. The van der Waals surface area contributed by atoms with Crippen molar-refractivity contribution < 1.29 is 23.8 Å². The lowest BCUT2D eigenvalue weighted by atomic mass is 9.99. The molecule has 1 amide bonds. The first kappa shape index (κ1) is 27.3. The summed E-state index contributed by atoms with van der Waals surface area (Å²) in [7, 11) is 0. The summed E-state index contributed by atoms with van der Waals surface area (Å²) in [6.07, 6.45) is -0.541. The molecule has 37 heavy (non-hydrogen) atoms. The van der Waals surface area contributed by atoms with Crippen LogP contribution in [0.4, 0.5) is 16.2 Å². The van der Waals surface area contributed by atoms with Crippen LogP contribution in [0.5, 0.6) is 5.75 Å². The molecule has 7 nitrogen and oxygen atoms in total. The van der Waals surface area contributed by atoms with E-state index in [2.05, 4.69) is 17.2 Å². The van der Waals surface area contributed by atoms with Crippen LogP contribution < -0.4 is 15.4 Å². The minimum atomic E-state index is -0.599. The highest BCUT2D eigenvalue weighted by atomic mass is 16.6. The Kier molecular flexibility index (Phi) is 9.33. The van der Waals surface area contributed by atoms with Crippen molar-refractivity contribution in [3.8, 4) is 5.75 Å². The van der Waals surface area contributed by atoms with Gasteiger partial charge in [-0.1, -0.05) is 49.0 Å². The molecule has 3 rings (SSSR count). The van der Waals surface area contributed by atoms with Crippen LogP contribution in [-0.4, -0.2) is 24.3 Å². The first-order chi connectivity index (χ1) is 17.6. The third-order valence-electron chi connectivity index (χ3n) is 5.19. The number of carbonyl (C=O) groups is 2. The van der Waals surface area contributed by atoms with Crippen molar-refractivity contribution in [2.45, 2.75) is 45.9 Å². The molecule has 0 spiro atoms. The highest BCUT2D eigenvalue weighted by Gasteiger charge is 2.23. The summed E-state index contributed by atoms with van der Waals surface area (Å²) in [4.78, 5) is 24.6. The Morgan fingerprint density at radius 1 is 0.892 bits per heavy atom. The maximum atomic E-state index is 12.5. The summed E-state index contributed by atoms with van der Waals surface area (Å²) >= 11 is 0. The lowest BCUT2D eigenvalue weighted by Crippen LogP contribution is -2.27. The Hall–Kier alpha value is -4.26. The molecular weight excluding hydrogens is 468 g/mol. The number of benzene rings is 3. The second kappa shape index (κ2) is 12.6. The van der Waals surface area contributed by atoms with E-state index in [9.17, 15) is 9.59 Å². The van der Waals surface area contributed by atoms with Gasteiger partial charge in [-0.15, -0.1) is 0 Å². The number of anilines is 2. The number of hydrogen-bond acceptors (Lipinski definition) is 6. The maximum absolute atomic E-state index is 12.5. The predicted octanol–water partition coefficient (Wildman–Crippen LogP) is 6.89. The molecule has 0 radical (unpaired) electrons. The zero-order valence-corrected chi connectivity index (χ0v) is 21.7. The van der Waals surface area contributed by atoms with Gasteiger partial charge in [0.25, 0.3) is 0 Å². The molecule has 0 aliphatic rings. The topological polar surface area (TPSA) is 85.9 Å². The summed E-state index contributed by atoms with van der Waals surface area (Å²) in [6.45, 7) is 11.9. The lowest BCUT2D eigenvalue weighted by Gasteiger charge is -2.23. The van der Waals surface area contributed by atoms with E-state index in [4.69, 9.17) is 14.2 Å². The molecule has 1 unspecified atom stereocenters. The lowest BCUT2D eigenvalue weighted by molar-refractivity contribution is -0.138. The van der Waals surface area contributed by atoms with Gasteiger partial charge < -0.3 is 19.5 Å². The molecule has 1 atom stereocenters. The second-order valence-electron chi connectivity index (χ2n) is 9.37. The number of hydrogen-bond donors (Lipinski definition) is 2. The monoisotopic (exact) mass is 502 g/mol. The van der Waals surface area contributed by atoms with Gasteiger partial charge in [0.05, 0.1) is 18.2 Å². The molecule has 0 saturated carbocycles. The van der Waals surface area contributed by atoms with Gasteiger partial charge in [-0.05, 0) is 75.2 Å². The zero-order valence-electron chi connectivity index (χ0n) is 21.7. The second-order valence-corrected chi connectivity index (χ2v) is 9.37. The molecule has 0 aliphatic heterocycles. The van der Waals surface area contributed by atoms with Gasteiger partial charge in [-0.3, -0.25) is 5.32 Å².